The third-order valence-corrected chi connectivity index (χ3v) is 3.36. The monoisotopic (exact) mass is 215 g/mol. The van der Waals surface area contributed by atoms with Crippen LogP contribution in [-0.4, -0.2) is 49.0 Å². The van der Waals surface area contributed by atoms with Crippen LogP contribution < -0.4 is 0 Å². The van der Waals surface area contributed by atoms with Gasteiger partial charge in [-0.25, -0.2) is 0 Å². The molecule has 0 spiro atoms. The Balaban J connectivity index is 2.34. The fourth-order valence-corrected chi connectivity index (χ4v) is 2.35. The zero-order valence-electron chi connectivity index (χ0n) is 10.2. The van der Waals surface area contributed by atoms with Gasteiger partial charge in [0.2, 0.25) is 0 Å². The van der Waals surface area contributed by atoms with Crippen LogP contribution in [0.3, 0.4) is 0 Å². The fraction of sp³-hybridized carbons (Fsp3) is 1.00. The number of rotatable bonds is 6. The summed E-state index contributed by atoms with van der Waals surface area (Å²) < 4.78 is 5.07. The highest BCUT2D eigenvalue weighted by atomic mass is 16.5. The number of ether oxygens (including phenoxy) is 1. The summed E-state index contributed by atoms with van der Waals surface area (Å²) in [6.45, 7) is 5.62. The minimum atomic E-state index is -0.429. The van der Waals surface area contributed by atoms with E-state index in [9.17, 15) is 5.11 Å². The third-order valence-electron chi connectivity index (χ3n) is 3.36. The smallest absolute Gasteiger partial charge is 0.0774 e. The van der Waals surface area contributed by atoms with Gasteiger partial charge in [0.25, 0.3) is 0 Å². The quantitative estimate of drug-likeness (QED) is 0.731. The second-order valence-corrected chi connectivity index (χ2v) is 4.65. The molecule has 0 aromatic rings. The predicted octanol–water partition coefficient (Wildman–Crippen LogP) is 1.65. The maximum atomic E-state index is 10.4. The first kappa shape index (κ1) is 12.9. The van der Waals surface area contributed by atoms with Crippen LogP contribution in [0.15, 0.2) is 0 Å². The van der Waals surface area contributed by atoms with Gasteiger partial charge in [-0.3, -0.25) is 4.90 Å². The Hall–Kier alpha value is -0.120. The highest BCUT2D eigenvalue weighted by Crippen LogP contribution is 2.28. The second-order valence-electron chi connectivity index (χ2n) is 4.65. The lowest BCUT2D eigenvalue weighted by Crippen LogP contribution is -2.45. The molecule has 1 aliphatic carbocycles. The zero-order chi connectivity index (χ0) is 11.1. The molecule has 0 aromatic carbocycles. The van der Waals surface area contributed by atoms with Crippen molar-refractivity contribution in [3.05, 3.63) is 0 Å². The second kappa shape index (κ2) is 6.46. The summed E-state index contributed by atoms with van der Waals surface area (Å²) in [5.74, 6) is 0. The van der Waals surface area contributed by atoms with Crippen molar-refractivity contribution in [2.75, 3.05) is 33.4 Å². The molecule has 1 fully saturated rings. The van der Waals surface area contributed by atoms with Crippen LogP contribution in [0.2, 0.25) is 0 Å². The normalized spacial score (nSPS) is 20.8. The van der Waals surface area contributed by atoms with E-state index in [0.717, 1.165) is 39.1 Å². The lowest BCUT2D eigenvalue weighted by molar-refractivity contribution is -0.0288. The number of hydrogen-bond acceptors (Lipinski definition) is 3. The zero-order valence-corrected chi connectivity index (χ0v) is 10.2. The predicted molar refractivity (Wildman–Crippen MR) is 62.0 cm³/mol. The first-order chi connectivity index (χ1) is 7.20. The Morgan fingerprint density at radius 1 is 1.27 bits per heavy atom. The molecule has 3 nitrogen and oxygen atoms in total. The molecule has 0 atom stereocenters. The lowest BCUT2D eigenvalue weighted by atomic mass is 9.84. The van der Waals surface area contributed by atoms with E-state index in [4.69, 9.17) is 4.74 Å². The Labute approximate surface area is 93.4 Å². The molecular formula is C12H25NO2. The third kappa shape index (κ3) is 4.49. The van der Waals surface area contributed by atoms with Gasteiger partial charge in [0.15, 0.2) is 0 Å². The minimum absolute atomic E-state index is 0.429. The molecule has 0 radical (unpaired) electrons. The SMILES string of the molecule is CCN(CCOC)CC1(O)CCCCC1. The maximum absolute atomic E-state index is 10.4. The van der Waals surface area contributed by atoms with Gasteiger partial charge in [-0.15, -0.1) is 0 Å². The number of likely N-dealkylation sites (N-methyl/N-ethyl adjacent to an activating group) is 1. The Bertz CT molecular complexity index is 167. The number of methoxy groups -OCH3 is 1. The molecule has 1 N–H and O–H groups in total. The van der Waals surface area contributed by atoms with E-state index in [1.54, 1.807) is 7.11 Å². The van der Waals surface area contributed by atoms with Crippen LogP contribution in [0.4, 0.5) is 0 Å². The molecule has 0 bridgehead atoms. The van der Waals surface area contributed by atoms with Gasteiger partial charge in [0.05, 0.1) is 12.2 Å². The summed E-state index contributed by atoms with van der Waals surface area (Å²) in [6, 6.07) is 0. The standard InChI is InChI=1S/C12H25NO2/c1-3-13(9-10-15-2)11-12(14)7-5-4-6-8-12/h14H,3-11H2,1-2H3. The summed E-state index contributed by atoms with van der Waals surface area (Å²) in [6.07, 6.45) is 5.58. The summed E-state index contributed by atoms with van der Waals surface area (Å²) in [5.41, 5.74) is -0.429. The molecule has 90 valence electrons. The molecule has 0 heterocycles. The van der Waals surface area contributed by atoms with E-state index in [0.29, 0.717) is 0 Å². The molecule has 0 amide bonds. The molecule has 1 saturated carbocycles. The van der Waals surface area contributed by atoms with Crippen LogP contribution in [0.1, 0.15) is 39.0 Å². The van der Waals surface area contributed by atoms with Crippen LogP contribution in [-0.2, 0) is 4.74 Å². The van der Waals surface area contributed by atoms with E-state index < -0.39 is 5.60 Å². The van der Waals surface area contributed by atoms with Gasteiger partial charge in [-0.1, -0.05) is 26.2 Å². The van der Waals surface area contributed by atoms with Gasteiger partial charge in [-0.05, 0) is 19.4 Å². The molecule has 0 saturated heterocycles. The average Bonchev–Trinajstić information content (AvgIpc) is 2.25. The highest BCUT2D eigenvalue weighted by Gasteiger charge is 2.30. The fourth-order valence-electron chi connectivity index (χ4n) is 2.35. The van der Waals surface area contributed by atoms with E-state index in [-0.39, 0.29) is 0 Å². The van der Waals surface area contributed by atoms with Gasteiger partial charge in [0.1, 0.15) is 0 Å². The van der Waals surface area contributed by atoms with Crippen molar-refractivity contribution in [2.24, 2.45) is 0 Å². The molecular weight excluding hydrogens is 190 g/mol. The minimum Gasteiger partial charge on any atom is -0.389 e. The van der Waals surface area contributed by atoms with Crippen LogP contribution in [0, 0.1) is 0 Å². The first-order valence-corrected chi connectivity index (χ1v) is 6.14. The van der Waals surface area contributed by atoms with Crippen LogP contribution >= 0.6 is 0 Å². The van der Waals surface area contributed by atoms with E-state index in [1.807, 2.05) is 0 Å². The van der Waals surface area contributed by atoms with Crippen molar-refractivity contribution in [2.45, 2.75) is 44.6 Å². The van der Waals surface area contributed by atoms with Crippen molar-refractivity contribution >= 4 is 0 Å². The molecule has 15 heavy (non-hydrogen) atoms. The van der Waals surface area contributed by atoms with Crippen molar-refractivity contribution in [3.8, 4) is 0 Å². The van der Waals surface area contributed by atoms with Crippen molar-refractivity contribution in [3.63, 3.8) is 0 Å². The van der Waals surface area contributed by atoms with E-state index in [1.165, 1.54) is 19.3 Å². The lowest BCUT2D eigenvalue weighted by Gasteiger charge is -2.36. The molecule has 0 unspecified atom stereocenters. The Kier molecular flexibility index (Phi) is 5.58. The average molecular weight is 215 g/mol. The van der Waals surface area contributed by atoms with Crippen molar-refractivity contribution < 1.29 is 9.84 Å². The number of aliphatic hydroxyl groups is 1. The van der Waals surface area contributed by atoms with Gasteiger partial charge in [0, 0.05) is 20.2 Å². The maximum Gasteiger partial charge on any atom is 0.0774 e. The topological polar surface area (TPSA) is 32.7 Å². The molecule has 1 aliphatic rings. The summed E-state index contributed by atoms with van der Waals surface area (Å²) >= 11 is 0. The molecule has 0 aliphatic heterocycles. The summed E-state index contributed by atoms with van der Waals surface area (Å²) in [4.78, 5) is 2.29. The Morgan fingerprint density at radius 2 is 1.93 bits per heavy atom. The van der Waals surface area contributed by atoms with E-state index in [2.05, 4.69) is 11.8 Å². The van der Waals surface area contributed by atoms with Crippen LogP contribution in [0.25, 0.3) is 0 Å². The number of hydrogen-bond donors (Lipinski definition) is 1. The molecule has 3 heteroatoms. The highest BCUT2D eigenvalue weighted by molar-refractivity contribution is 4.85. The molecule has 0 aromatic heterocycles. The Morgan fingerprint density at radius 3 is 2.47 bits per heavy atom. The van der Waals surface area contributed by atoms with E-state index >= 15 is 0 Å². The van der Waals surface area contributed by atoms with Gasteiger partial charge < -0.3 is 9.84 Å². The summed E-state index contributed by atoms with van der Waals surface area (Å²) in [7, 11) is 1.73. The van der Waals surface area contributed by atoms with Crippen molar-refractivity contribution in [1.29, 1.82) is 0 Å². The van der Waals surface area contributed by atoms with Gasteiger partial charge >= 0.3 is 0 Å². The largest absolute Gasteiger partial charge is 0.389 e. The van der Waals surface area contributed by atoms with Gasteiger partial charge in [-0.2, -0.15) is 0 Å². The summed E-state index contributed by atoms with van der Waals surface area (Å²) in [5, 5.41) is 10.4. The molecule has 1 rings (SSSR count). The first-order valence-electron chi connectivity index (χ1n) is 6.14. The number of nitrogens with zero attached hydrogens (tertiary/aromatic N) is 1. The van der Waals surface area contributed by atoms with Crippen LogP contribution in [0.5, 0.6) is 0 Å². The van der Waals surface area contributed by atoms with Crippen molar-refractivity contribution in [1.82, 2.24) is 4.90 Å².